The molecule has 2 heterocycles. The minimum absolute atomic E-state index is 0.504. The molecule has 0 fully saturated rings. The van der Waals surface area contributed by atoms with Crippen LogP contribution in [0.3, 0.4) is 0 Å². The van der Waals surface area contributed by atoms with E-state index >= 15 is 0 Å². The van der Waals surface area contributed by atoms with E-state index in [2.05, 4.69) is 9.97 Å². The minimum atomic E-state index is 0.504. The van der Waals surface area contributed by atoms with E-state index in [9.17, 15) is 0 Å². The summed E-state index contributed by atoms with van der Waals surface area (Å²) in [5.41, 5.74) is 10.2. The van der Waals surface area contributed by atoms with Crippen LogP contribution >= 0.6 is 0 Å². The fourth-order valence-corrected chi connectivity index (χ4v) is 2.27. The van der Waals surface area contributed by atoms with Gasteiger partial charge in [0.25, 0.3) is 0 Å². The van der Waals surface area contributed by atoms with E-state index in [1.54, 1.807) is 13.3 Å². The van der Waals surface area contributed by atoms with E-state index in [0.717, 1.165) is 22.3 Å². The Kier molecular flexibility index (Phi) is 3.02. The number of ether oxygens (including phenoxy) is 1. The summed E-state index contributed by atoms with van der Waals surface area (Å²) in [6.07, 6.45) is 3.65. The van der Waals surface area contributed by atoms with Crippen molar-refractivity contribution in [3.63, 3.8) is 0 Å². The van der Waals surface area contributed by atoms with E-state index < -0.39 is 0 Å². The number of hydrogen-bond acceptors (Lipinski definition) is 4. The van der Waals surface area contributed by atoms with Crippen LogP contribution in [0, 0.1) is 6.92 Å². The Balaban J connectivity index is 2.07. The molecule has 0 aliphatic heterocycles. The molecule has 3 aromatic rings. The second kappa shape index (κ2) is 4.85. The van der Waals surface area contributed by atoms with Crippen LogP contribution in [-0.2, 0) is 6.54 Å². The van der Waals surface area contributed by atoms with Gasteiger partial charge in [0.2, 0.25) is 5.95 Å². The van der Waals surface area contributed by atoms with E-state index in [1.165, 1.54) is 5.56 Å². The van der Waals surface area contributed by atoms with Gasteiger partial charge in [-0.25, -0.2) is 4.98 Å². The zero-order valence-corrected chi connectivity index (χ0v) is 11.5. The molecule has 1 aromatic carbocycles. The second-order valence-electron chi connectivity index (χ2n) is 4.71. The van der Waals surface area contributed by atoms with Gasteiger partial charge in [-0.05, 0) is 36.2 Å². The van der Waals surface area contributed by atoms with Crippen molar-refractivity contribution >= 4 is 17.0 Å². The number of nitrogens with two attached hydrogens (primary N) is 1. The quantitative estimate of drug-likeness (QED) is 0.792. The lowest BCUT2D eigenvalue weighted by Crippen LogP contribution is -2.05. The summed E-state index contributed by atoms with van der Waals surface area (Å²) in [5, 5.41) is 0. The molecular formula is C15H16N4O. The summed E-state index contributed by atoms with van der Waals surface area (Å²) < 4.78 is 7.21. The molecule has 0 saturated carbocycles. The SMILES string of the molecule is COc1ccc2c(c1)nc(N)n2Cc1ccncc1C. The summed E-state index contributed by atoms with van der Waals surface area (Å²) >= 11 is 0. The Morgan fingerprint density at radius 2 is 2.15 bits per heavy atom. The Hall–Kier alpha value is -2.56. The number of hydrogen-bond donors (Lipinski definition) is 1. The predicted molar refractivity (Wildman–Crippen MR) is 78.8 cm³/mol. The van der Waals surface area contributed by atoms with Crippen LogP contribution in [0.5, 0.6) is 5.75 Å². The average molecular weight is 268 g/mol. The molecule has 20 heavy (non-hydrogen) atoms. The first-order valence-electron chi connectivity index (χ1n) is 6.38. The fraction of sp³-hybridized carbons (Fsp3) is 0.200. The van der Waals surface area contributed by atoms with Crippen molar-refractivity contribution in [1.29, 1.82) is 0 Å². The lowest BCUT2D eigenvalue weighted by Gasteiger charge is -2.09. The molecule has 3 rings (SSSR count). The highest BCUT2D eigenvalue weighted by molar-refractivity contribution is 5.80. The monoisotopic (exact) mass is 268 g/mol. The van der Waals surface area contributed by atoms with E-state index in [4.69, 9.17) is 10.5 Å². The van der Waals surface area contributed by atoms with Crippen molar-refractivity contribution in [2.75, 3.05) is 12.8 Å². The second-order valence-corrected chi connectivity index (χ2v) is 4.71. The number of nitrogen functional groups attached to an aromatic ring is 1. The molecule has 0 unspecified atom stereocenters. The number of aromatic nitrogens is 3. The maximum Gasteiger partial charge on any atom is 0.201 e. The van der Waals surface area contributed by atoms with Crippen molar-refractivity contribution in [2.24, 2.45) is 0 Å². The van der Waals surface area contributed by atoms with Gasteiger partial charge in [0, 0.05) is 18.5 Å². The third kappa shape index (κ3) is 2.07. The summed E-state index contributed by atoms with van der Waals surface area (Å²) in [5.74, 6) is 1.28. The summed E-state index contributed by atoms with van der Waals surface area (Å²) in [4.78, 5) is 8.50. The summed E-state index contributed by atoms with van der Waals surface area (Å²) in [6, 6.07) is 7.79. The fourth-order valence-electron chi connectivity index (χ4n) is 2.27. The van der Waals surface area contributed by atoms with Crippen LogP contribution < -0.4 is 10.5 Å². The van der Waals surface area contributed by atoms with Crippen molar-refractivity contribution in [3.05, 3.63) is 47.8 Å². The predicted octanol–water partition coefficient (Wildman–Crippen LogP) is 2.38. The van der Waals surface area contributed by atoms with Gasteiger partial charge < -0.3 is 15.0 Å². The molecular weight excluding hydrogens is 252 g/mol. The van der Waals surface area contributed by atoms with Gasteiger partial charge in [0.1, 0.15) is 5.75 Å². The summed E-state index contributed by atoms with van der Waals surface area (Å²) in [7, 11) is 1.64. The molecule has 0 aliphatic rings. The first kappa shape index (κ1) is 12.5. The number of pyridine rings is 1. The minimum Gasteiger partial charge on any atom is -0.497 e. The highest BCUT2D eigenvalue weighted by Crippen LogP contribution is 2.24. The number of rotatable bonds is 3. The van der Waals surface area contributed by atoms with E-state index in [1.807, 2.05) is 42.0 Å². The number of anilines is 1. The van der Waals surface area contributed by atoms with Crippen LogP contribution in [-0.4, -0.2) is 21.6 Å². The van der Waals surface area contributed by atoms with Crippen LogP contribution in [0.1, 0.15) is 11.1 Å². The number of methoxy groups -OCH3 is 1. The molecule has 0 atom stereocenters. The van der Waals surface area contributed by atoms with Gasteiger partial charge >= 0.3 is 0 Å². The molecule has 5 nitrogen and oxygen atoms in total. The third-order valence-electron chi connectivity index (χ3n) is 3.45. The van der Waals surface area contributed by atoms with Gasteiger partial charge in [0.05, 0.1) is 24.7 Å². The van der Waals surface area contributed by atoms with Crippen LogP contribution in [0.4, 0.5) is 5.95 Å². The third-order valence-corrected chi connectivity index (χ3v) is 3.45. The number of nitrogens with zero attached hydrogens (tertiary/aromatic N) is 3. The Labute approximate surface area is 117 Å². The average Bonchev–Trinajstić information content (AvgIpc) is 2.76. The summed E-state index contributed by atoms with van der Waals surface area (Å²) in [6.45, 7) is 2.73. The van der Waals surface area contributed by atoms with Crippen molar-refractivity contribution < 1.29 is 4.74 Å². The highest BCUT2D eigenvalue weighted by atomic mass is 16.5. The molecule has 2 N–H and O–H groups in total. The number of benzene rings is 1. The van der Waals surface area contributed by atoms with Crippen molar-refractivity contribution in [3.8, 4) is 5.75 Å². The molecule has 0 bridgehead atoms. The van der Waals surface area contributed by atoms with E-state index in [-0.39, 0.29) is 0 Å². The first-order chi connectivity index (χ1) is 9.69. The molecule has 0 amide bonds. The lowest BCUT2D eigenvalue weighted by molar-refractivity contribution is 0.415. The molecule has 102 valence electrons. The standard InChI is InChI=1S/C15H16N4O/c1-10-8-17-6-5-11(10)9-19-14-4-3-12(20-2)7-13(14)18-15(19)16/h3-8H,9H2,1-2H3,(H2,16,18). The van der Waals surface area contributed by atoms with Crippen molar-refractivity contribution in [2.45, 2.75) is 13.5 Å². The first-order valence-corrected chi connectivity index (χ1v) is 6.38. The van der Waals surface area contributed by atoms with Crippen LogP contribution in [0.15, 0.2) is 36.7 Å². The maximum atomic E-state index is 6.04. The van der Waals surface area contributed by atoms with Gasteiger partial charge in [-0.15, -0.1) is 0 Å². The topological polar surface area (TPSA) is 66.0 Å². The highest BCUT2D eigenvalue weighted by Gasteiger charge is 2.10. The van der Waals surface area contributed by atoms with E-state index in [0.29, 0.717) is 12.5 Å². The Bertz CT molecular complexity index is 764. The normalized spacial score (nSPS) is 10.9. The number of aryl methyl sites for hydroxylation is 1. The number of imidazole rings is 1. The van der Waals surface area contributed by atoms with Crippen LogP contribution in [0.2, 0.25) is 0 Å². The number of fused-ring (bicyclic) bond motifs is 1. The van der Waals surface area contributed by atoms with Crippen LogP contribution in [0.25, 0.3) is 11.0 Å². The Morgan fingerprint density at radius 3 is 2.90 bits per heavy atom. The zero-order valence-electron chi connectivity index (χ0n) is 11.5. The molecule has 0 saturated heterocycles. The van der Waals surface area contributed by atoms with Gasteiger partial charge in [0.15, 0.2) is 0 Å². The zero-order chi connectivity index (χ0) is 14.1. The largest absolute Gasteiger partial charge is 0.497 e. The molecule has 0 aliphatic carbocycles. The smallest absolute Gasteiger partial charge is 0.201 e. The van der Waals surface area contributed by atoms with Gasteiger partial charge in [-0.2, -0.15) is 0 Å². The maximum absolute atomic E-state index is 6.04. The van der Waals surface area contributed by atoms with Crippen molar-refractivity contribution in [1.82, 2.24) is 14.5 Å². The molecule has 0 radical (unpaired) electrons. The van der Waals surface area contributed by atoms with Gasteiger partial charge in [-0.1, -0.05) is 0 Å². The molecule has 2 aromatic heterocycles. The molecule has 0 spiro atoms. The van der Waals surface area contributed by atoms with Gasteiger partial charge in [-0.3, -0.25) is 4.98 Å². The lowest BCUT2D eigenvalue weighted by atomic mass is 10.1. The Morgan fingerprint density at radius 1 is 1.30 bits per heavy atom. The molecule has 5 heteroatoms.